The van der Waals surface area contributed by atoms with Gasteiger partial charge in [-0.05, 0) is 38.7 Å². The van der Waals surface area contributed by atoms with Gasteiger partial charge in [0.25, 0.3) is 0 Å². The zero-order valence-corrected chi connectivity index (χ0v) is 20.2. The zero-order chi connectivity index (χ0) is 19.3. The maximum Gasteiger partial charge on any atom is 0.194 e. The highest BCUT2D eigenvalue weighted by atomic mass is 127. The van der Waals surface area contributed by atoms with E-state index >= 15 is 0 Å². The lowest BCUT2D eigenvalue weighted by atomic mass is 10.0. The number of rotatable bonds is 10. The van der Waals surface area contributed by atoms with Crippen molar-refractivity contribution in [3.63, 3.8) is 0 Å². The highest BCUT2D eigenvalue weighted by Crippen LogP contribution is 2.25. The molecule has 6 heteroatoms. The third-order valence-electron chi connectivity index (χ3n) is 5.12. The molecule has 1 saturated heterocycles. The Morgan fingerprint density at radius 1 is 1.07 bits per heavy atom. The predicted octanol–water partition coefficient (Wildman–Crippen LogP) is 4.16. The number of benzene rings is 1. The van der Waals surface area contributed by atoms with Gasteiger partial charge in [-0.25, -0.2) is 0 Å². The van der Waals surface area contributed by atoms with E-state index < -0.39 is 0 Å². The summed E-state index contributed by atoms with van der Waals surface area (Å²) < 4.78 is 5.41. The molecule has 160 valence electrons. The van der Waals surface area contributed by atoms with E-state index in [1.165, 1.54) is 5.56 Å². The van der Waals surface area contributed by atoms with Crippen LogP contribution < -0.4 is 5.32 Å². The highest BCUT2D eigenvalue weighted by molar-refractivity contribution is 14.0. The average Bonchev–Trinajstić information content (AvgIpc) is 2.72. The molecule has 2 rings (SSSR count). The SMILES string of the molecule is CCNC(=NCCCCOCC)N1CCN(C(CC)c2ccccc2)CC1.I. The molecule has 0 amide bonds. The molecule has 1 aliphatic rings. The maximum absolute atomic E-state index is 5.41. The fourth-order valence-electron chi connectivity index (χ4n) is 3.70. The summed E-state index contributed by atoms with van der Waals surface area (Å²) in [6, 6.07) is 11.4. The monoisotopic (exact) mass is 502 g/mol. The van der Waals surface area contributed by atoms with E-state index in [4.69, 9.17) is 9.73 Å². The second-order valence-electron chi connectivity index (χ2n) is 7.00. The van der Waals surface area contributed by atoms with Gasteiger partial charge in [-0.1, -0.05) is 37.3 Å². The number of aliphatic imine (C=N–C) groups is 1. The van der Waals surface area contributed by atoms with Crippen molar-refractivity contribution in [1.82, 2.24) is 15.1 Å². The van der Waals surface area contributed by atoms with Crippen molar-refractivity contribution < 1.29 is 4.74 Å². The number of hydrogen-bond acceptors (Lipinski definition) is 3. The second-order valence-corrected chi connectivity index (χ2v) is 7.00. The molecule has 1 atom stereocenters. The number of piperazine rings is 1. The van der Waals surface area contributed by atoms with E-state index in [-0.39, 0.29) is 24.0 Å². The minimum Gasteiger partial charge on any atom is -0.382 e. The van der Waals surface area contributed by atoms with Crippen molar-refractivity contribution in [2.75, 3.05) is 52.5 Å². The molecule has 1 heterocycles. The van der Waals surface area contributed by atoms with Gasteiger partial charge in [0.15, 0.2) is 5.96 Å². The summed E-state index contributed by atoms with van der Waals surface area (Å²) in [6.07, 6.45) is 3.32. The summed E-state index contributed by atoms with van der Waals surface area (Å²) in [5.41, 5.74) is 1.43. The number of halogens is 1. The van der Waals surface area contributed by atoms with Gasteiger partial charge < -0.3 is 15.0 Å². The van der Waals surface area contributed by atoms with Crippen molar-refractivity contribution in [3.8, 4) is 0 Å². The van der Waals surface area contributed by atoms with E-state index in [0.29, 0.717) is 6.04 Å². The third-order valence-corrected chi connectivity index (χ3v) is 5.12. The van der Waals surface area contributed by atoms with Crippen LogP contribution in [-0.4, -0.2) is 68.2 Å². The first kappa shape index (κ1) is 25.2. The van der Waals surface area contributed by atoms with E-state index in [1.807, 2.05) is 6.92 Å². The minimum atomic E-state index is 0. The molecule has 1 unspecified atom stereocenters. The van der Waals surface area contributed by atoms with E-state index in [1.54, 1.807) is 0 Å². The second kappa shape index (κ2) is 15.0. The first-order chi connectivity index (χ1) is 13.3. The van der Waals surface area contributed by atoms with Crippen LogP contribution >= 0.6 is 24.0 Å². The van der Waals surface area contributed by atoms with Gasteiger partial charge in [0.1, 0.15) is 0 Å². The number of nitrogens with one attached hydrogen (secondary N) is 1. The Labute approximate surface area is 188 Å². The Hall–Kier alpha value is -0.860. The average molecular weight is 502 g/mol. The smallest absolute Gasteiger partial charge is 0.194 e. The molecular formula is C22H39IN4O. The van der Waals surface area contributed by atoms with Crippen molar-refractivity contribution in [2.24, 2.45) is 4.99 Å². The number of hydrogen-bond donors (Lipinski definition) is 1. The summed E-state index contributed by atoms with van der Waals surface area (Å²) in [7, 11) is 0. The molecule has 1 N–H and O–H groups in total. The van der Waals surface area contributed by atoms with E-state index in [2.05, 4.69) is 59.3 Å². The van der Waals surface area contributed by atoms with Gasteiger partial charge in [-0.3, -0.25) is 9.89 Å². The minimum absolute atomic E-state index is 0. The zero-order valence-electron chi connectivity index (χ0n) is 17.9. The van der Waals surface area contributed by atoms with Crippen molar-refractivity contribution in [2.45, 2.75) is 46.1 Å². The summed E-state index contributed by atoms with van der Waals surface area (Å²) in [6.45, 7) is 14.2. The predicted molar refractivity (Wildman–Crippen MR) is 130 cm³/mol. The first-order valence-corrected chi connectivity index (χ1v) is 10.7. The normalized spacial score (nSPS) is 16.5. The molecule has 0 aromatic heterocycles. The van der Waals surface area contributed by atoms with Gasteiger partial charge in [-0.2, -0.15) is 0 Å². The van der Waals surface area contributed by atoms with Crippen molar-refractivity contribution in [3.05, 3.63) is 35.9 Å². The Kier molecular flexibility index (Phi) is 13.5. The van der Waals surface area contributed by atoms with Crippen LogP contribution in [0.2, 0.25) is 0 Å². The van der Waals surface area contributed by atoms with E-state index in [9.17, 15) is 0 Å². The van der Waals surface area contributed by atoms with Gasteiger partial charge in [0.2, 0.25) is 0 Å². The standard InChI is InChI=1S/C22H38N4O.HI/c1-4-21(20-12-8-7-9-13-20)25-15-17-26(18-16-25)22(23-5-2)24-14-10-11-19-27-6-3;/h7-9,12-13,21H,4-6,10-11,14-19H2,1-3H3,(H,23,24);1H. The largest absolute Gasteiger partial charge is 0.382 e. The summed E-state index contributed by atoms with van der Waals surface area (Å²) in [5.74, 6) is 1.07. The van der Waals surface area contributed by atoms with Gasteiger partial charge in [0.05, 0.1) is 0 Å². The molecule has 1 aromatic rings. The lowest BCUT2D eigenvalue weighted by Gasteiger charge is -2.40. The number of ether oxygens (including phenoxy) is 1. The maximum atomic E-state index is 5.41. The molecule has 0 bridgehead atoms. The molecule has 1 fully saturated rings. The Bertz CT molecular complexity index is 533. The van der Waals surface area contributed by atoms with Crippen LogP contribution in [0.15, 0.2) is 35.3 Å². The quantitative estimate of drug-likeness (QED) is 0.226. The van der Waals surface area contributed by atoms with Crippen LogP contribution in [0.5, 0.6) is 0 Å². The molecular weight excluding hydrogens is 463 g/mol. The van der Waals surface area contributed by atoms with Gasteiger partial charge in [0, 0.05) is 58.5 Å². The van der Waals surface area contributed by atoms with Crippen LogP contribution in [0.1, 0.15) is 51.6 Å². The van der Waals surface area contributed by atoms with Crippen LogP contribution in [0, 0.1) is 0 Å². The molecule has 0 radical (unpaired) electrons. The lowest BCUT2D eigenvalue weighted by Crippen LogP contribution is -2.53. The van der Waals surface area contributed by atoms with Crippen LogP contribution in [0.25, 0.3) is 0 Å². The number of nitrogens with zero attached hydrogens (tertiary/aromatic N) is 3. The molecule has 0 aliphatic carbocycles. The van der Waals surface area contributed by atoms with E-state index in [0.717, 1.165) is 77.7 Å². The Morgan fingerprint density at radius 2 is 1.79 bits per heavy atom. The number of unbranched alkanes of at least 4 members (excludes halogenated alkanes) is 1. The Morgan fingerprint density at radius 3 is 2.39 bits per heavy atom. The Balaban J connectivity index is 0.00000392. The van der Waals surface area contributed by atoms with Crippen molar-refractivity contribution in [1.29, 1.82) is 0 Å². The lowest BCUT2D eigenvalue weighted by molar-refractivity contribution is 0.127. The number of guanidine groups is 1. The van der Waals surface area contributed by atoms with Crippen LogP contribution in [0.3, 0.4) is 0 Å². The summed E-state index contributed by atoms with van der Waals surface area (Å²) in [5, 5.41) is 3.47. The molecule has 1 aliphatic heterocycles. The van der Waals surface area contributed by atoms with Gasteiger partial charge >= 0.3 is 0 Å². The fraction of sp³-hybridized carbons (Fsp3) is 0.682. The fourth-order valence-corrected chi connectivity index (χ4v) is 3.70. The highest BCUT2D eigenvalue weighted by Gasteiger charge is 2.25. The molecule has 0 spiro atoms. The van der Waals surface area contributed by atoms with Crippen LogP contribution in [-0.2, 0) is 4.74 Å². The molecule has 1 aromatic carbocycles. The molecule has 5 nitrogen and oxygen atoms in total. The third kappa shape index (κ3) is 8.25. The van der Waals surface area contributed by atoms with Crippen molar-refractivity contribution >= 4 is 29.9 Å². The summed E-state index contributed by atoms with van der Waals surface area (Å²) in [4.78, 5) is 9.88. The first-order valence-electron chi connectivity index (χ1n) is 10.7. The van der Waals surface area contributed by atoms with Gasteiger partial charge in [-0.15, -0.1) is 24.0 Å². The summed E-state index contributed by atoms with van der Waals surface area (Å²) >= 11 is 0. The molecule has 0 saturated carbocycles. The molecule has 28 heavy (non-hydrogen) atoms. The topological polar surface area (TPSA) is 40.1 Å². The van der Waals surface area contributed by atoms with Crippen LogP contribution in [0.4, 0.5) is 0 Å².